The molecule has 0 aliphatic carbocycles. The summed E-state index contributed by atoms with van der Waals surface area (Å²) in [6.45, 7) is 1.88. The molecule has 1 atom stereocenters. The van der Waals surface area contributed by atoms with Crippen LogP contribution >= 0.6 is 0 Å². The molecule has 0 saturated heterocycles. The van der Waals surface area contributed by atoms with Gasteiger partial charge < -0.3 is 5.11 Å². The predicted octanol–water partition coefficient (Wildman–Crippen LogP) is 2.14. The van der Waals surface area contributed by atoms with Crippen molar-refractivity contribution in [3.8, 4) is 0 Å². The van der Waals surface area contributed by atoms with Crippen LogP contribution in [0.4, 0.5) is 5.69 Å². The largest absolute Gasteiger partial charge is 0.477 e. The van der Waals surface area contributed by atoms with Crippen molar-refractivity contribution < 1.29 is 9.90 Å². The second kappa shape index (κ2) is 6.27. The molecule has 124 valence electrons. The van der Waals surface area contributed by atoms with E-state index in [9.17, 15) is 9.59 Å². The maximum atomic E-state index is 12.4. The van der Waals surface area contributed by atoms with E-state index in [2.05, 4.69) is 10.1 Å². The molecule has 24 heavy (non-hydrogen) atoms. The number of nitrogens with zero attached hydrogens (tertiary/aromatic N) is 4. The van der Waals surface area contributed by atoms with Crippen LogP contribution in [0.25, 0.3) is 0 Å². The van der Waals surface area contributed by atoms with Gasteiger partial charge in [0.2, 0.25) is 0 Å². The highest BCUT2D eigenvalue weighted by Crippen LogP contribution is 2.23. The molecule has 0 bridgehead atoms. The molecule has 1 aliphatic heterocycles. The molecule has 1 aromatic carbocycles. The van der Waals surface area contributed by atoms with Gasteiger partial charge in [0.25, 0.3) is 5.56 Å². The molecule has 2 heterocycles. The quantitative estimate of drug-likeness (QED) is 0.873. The number of anilines is 1. The first-order chi connectivity index (χ1) is 11.5. The van der Waals surface area contributed by atoms with Crippen molar-refractivity contribution in [3.63, 3.8) is 0 Å². The molecular formula is C17H18N4O3. The van der Waals surface area contributed by atoms with Crippen LogP contribution < -0.4 is 10.6 Å². The Morgan fingerprint density at radius 1 is 1.38 bits per heavy atom. The molecule has 0 radical (unpaired) electrons. The third-order valence-electron chi connectivity index (χ3n) is 4.12. The van der Waals surface area contributed by atoms with Crippen LogP contribution in [-0.2, 0) is 0 Å². The van der Waals surface area contributed by atoms with Crippen molar-refractivity contribution in [1.82, 2.24) is 9.55 Å². The van der Waals surface area contributed by atoms with Crippen LogP contribution in [0.1, 0.15) is 42.0 Å². The van der Waals surface area contributed by atoms with E-state index in [1.54, 1.807) is 5.01 Å². The zero-order chi connectivity index (χ0) is 17.3. The van der Waals surface area contributed by atoms with Gasteiger partial charge >= 0.3 is 5.97 Å². The molecule has 1 aliphatic rings. The zero-order valence-electron chi connectivity index (χ0n) is 13.5. The molecule has 3 rings (SSSR count). The average Bonchev–Trinajstić information content (AvgIpc) is 2.57. The number of para-hydroxylation sites is 1. The van der Waals surface area contributed by atoms with Gasteiger partial charge in [0.1, 0.15) is 11.3 Å². The molecule has 7 heteroatoms. The highest BCUT2D eigenvalue weighted by Gasteiger charge is 2.26. The minimum atomic E-state index is -1.26. The van der Waals surface area contributed by atoms with Crippen molar-refractivity contribution in [3.05, 3.63) is 58.3 Å². The predicted molar refractivity (Wildman–Crippen MR) is 90.8 cm³/mol. The lowest BCUT2D eigenvalue weighted by Gasteiger charge is -2.26. The molecule has 1 N–H and O–H groups in total. The first kappa shape index (κ1) is 15.9. The minimum Gasteiger partial charge on any atom is -0.477 e. The number of aromatic nitrogens is 2. The van der Waals surface area contributed by atoms with E-state index in [4.69, 9.17) is 5.11 Å². The van der Waals surface area contributed by atoms with Gasteiger partial charge in [-0.1, -0.05) is 18.2 Å². The third-order valence-corrected chi connectivity index (χ3v) is 4.12. The Hall–Kier alpha value is -2.96. The number of carboxylic acid groups (broad SMARTS) is 1. The van der Waals surface area contributed by atoms with E-state index >= 15 is 0 Å². The van der Waals surface area contributed by atoms with Crippen LogP contribution in [0.15, 0.2) is 46.4 Å². The highest BCUT2D eigenvalue weighted by atomic mass is 16.4. The Morgan fingerprint density at radius 2 is 2.08 bits per heavy atom. The number of fused-ring (bicyclic) bond motifs is 1. The molecule has 2 aromatic rings. The van der Waals surface area contributed by atoms with E-state index in [1.165, 1.54) is 4.57 Å². The molecule has 0 fully saturated rings. The lowest BCUT2D eigenvalue weighted by Crippen LogP contribution is -2.37. The summed E-state index contributed by atoms with van der Waals surface area (Å²) in [5.74, 6) is -0.827. The monoisotopic (exact) mass is 326 g/mol. The minimum absolute atomic E-state index is 0.111. The van der Waals surface area contributed by atoms with E-state index in [1.807, 2.05) is 44.3 Å². The van der Waals surface area contributed by atoms with Gasteiger partial charge in [0.15, 0.2) is 5.82 Å². The summed E-state index contributed by atoms with van der Waals surface area (Å²) in [4.78, 5) is 27.8. The zero-order valence-corrected chi connectivity index (χ0v) is 13.5. The normalized spacial score (nSPS) is 18.2. The Bertz CT molecular complexity index is 858. The summed E-state index contributed by atoms with van der Waals surface area (Å²) in [6.07, 6.45) is 2.50. The Morgan fingerprint density at radius 3 is 2.75 bits per heavy atom. The van der Waals surface area contributed by atoms with Crippen molar-refractivity contribution in [2.24, 2.45) is 5.10 Å². The van der Waals surface area contributed by atoms with Crippen LogP contribution in [-0.4, -0.2) is 33.4 Å². The van der Waals surface area contributed by atoms with E-state index in [0.717, 1.165) is 11.9 Å². The van der Waals surface area contributed by atoms with Gasteiger partial charge in [0.05, 0.1) is 5.69 Å². The Kier molecular flexibility index (Phi) is 4.16. The first-order valence-corrected chi connectivity index (χ1v) is 7.70. The number of hydrogen-bond donors (Lipinski definition) is 1. The first-order valence-electron chi connectivity index (χ1n) is 7.70. The van der Waals surface area contributed by atoms with E-state index < -0.39 is 11.5 Å². The van der Waals surface area contributed by atoms with Gasteiger partial charge in [-0.3, -0.25) is 14.4 Å². The van der Waals surface area contributed by atoms with Crippen LogP contribution in [0.3, 0.4) is 0 Å². The van der Waals surface area contributed by atoms with Crippen molar-refractivity contribution in [2.45, 2.75) is 25.8 Å². The van der Waals surface area contributed by atoms with Gasteiger partial charge in [-0.2, -0.15) is 5.10 Å². The maximum absolute atomic E-state index is 12.4. The molecule has 0 amide bonds. The van der Waals surface area contributed by atoms with Crippen LogP contribution in [0, 0.1) is 0 Å². The molecular weight excluding hydrogens is 308 g/mol. The third kappa shape index (κ3) is 2.80. The summed E-state index contributed by atoms with van der Waals surface area (Å²) < 4.78 is 1.44. The van der Waals surface area contributed by atoms with Crippen molar-refractivity contribution >= 4 is 17.4 Å². The highest BCUT2D eigenvalue weighted by molar-refractivity contribution is 5.99. The van der Waals surface area contributed by atoms with Crippen molar-refractivity contribution in [2.75, 3.05) is 12.1 Å². The second-order valence-corrected chi connectivity index (χ2v) is 5.77. The fourth-order valence-corrected chi connectivity index (χ4v) is 2.80. The number of benzene rings is 1. The molecule has 1 aromatic heterocycles. The summed E-state index contributed by atoms with van der Waals surface area (Å²) in [5.41, 5.74) is 0.742. The number of rotatable bonds is 3. The van der Waals surface area contributed by atoms with Gasteiger partial charge in [-0.15, -0.1) is 0 Å². The van der Waals surface area contributed by atoms with Gasteiger partial charge in [0, 0.05) is 19.3 Å². The number of aromatic carboxylic acids is 1. The van der Waals surface area contributed by atoms with Crippen molar-refractivity contribution in [1.29, 1.82) is 0 Å². The fraction of sp³-hybridized carbons (Fsp3) is 0.294. The smallest absolute Gasteiger partial charge is 0.342 e. The summed E-state index contributed by atoms with van der Waals surface area (Å²) in [6, 6.07) is 9.53. The second-order valence-electron chi connectivity index (χ2n) is 5.77. The number of carbonyl (C=O) groups is 1. The van der Waals surface area contributed by atoms with Gasteiger partial charge in [-0.05, 0) is 31.9 Å². The number of carboxylic acids is 1. The Labute approximate surface area is 138 Å². The molecule has 1 unspecified atom stereocenters. The van der Waals surface area contributed by atoms with E-state index in [0.29, 0.717) is 24.4 Å². The lowest BCUT2D eigenvalue weighted by molar-refractivity contribution is 0.0693. The Balaban J connectivity index is 2.07. The fourth-order valence-electron chi connectivity index (χ4n) is 2.80. The SMILES string of the molecule is CC1CC/C(=N\N(C)c2ccccc2)c2ncc(C(=O)O)c(=O)n21. The van der Waals surface area contributed by atoms with Crippen LogP contribution in [0.5, 0.6) is 0 Å². The summed E-state index contributed by atoms with van der Waals surface area (Å²) in [7, 11) is 1.83. The summed E-state index contributed by atoms with van der Waals surface area (Å²) in [5, 5.41) is 15.4. The topological polar surface area (TPSA) is 87.8 Å². The van der Waals surface area contributed by atoms with E-state index in [-0.39, 0.29) is 11.6 Å². The average molecular weight is 326 g/mol. The van der Waals surface area contributed by atoms with Crippen LogP contribution in [0.2, 0.25) is 0 Å². The number of hydrazone groups is 1. The maximum Gasteiger partial charge on any atom is 0.342 e. The summed E-state index contributed by atoms with van der Waals surface area (Å²) >= 11 is 0. The number of hydrogen-bond acceptors (Lipinski definition) is 5. The van der Waals surface area contributed by atoms with Gasteiger partial charge in [-0.25, -0.2) is 9.78 Å². The molecule has 0 spiro atoms. The molecule has 0 saturated carbocycles. The standard InChI is InChI=1S/C17H18N4O3/c1-11-8-9-14(19-20(2)12-6-4-3-5-7-12)15-18-10-13(17(23)24)16(22)21(11)15/h3-7,10-11H,8-9H2,1-2H3,(H,23,24)/b19-14+. The lowest BCUT2D eigenvalue weighted by atomic mass is 10.0. The molecule has 7 nitrogen and oxygen atoms in total.